The van der Waals surface area contributed by atoms with Crippen molar-refractivity contribution < 1.29 is 53.9 Å². The zero-order valence-electron chi connectivity index (χ0n) is 32.7. The lowest BCUT2D eigenvalue weighted by Crippen LogP contribution is -2.49. The first-order chi connectivity index (χ1) is 22.7. The second kappa shape index (κ2) is 35.8. The average Bonchev–Trinajstić information content (AvgIpc) is 3.07. The number of rotatable bonds is 20. The molecule has 0 aromatic rings. The molecule has 0 bridgehead atoms. The summed E-state index contributed by atoms with van der Waals surface area (Å²) >= 11 is 0. The van der Waals surface area contributed by atoms with Gasteiger partial charge in [0.1, 0.15) is 12.2 Å². The Morgan fingerprint density at radius 3 is 0.898 bits per heavy atom. The van der Waals surface area contributed by atoms with E-state index >= 15 is 0 Å². The van der Waals surface area contributed by atoms with E-state index in [1.165, 1.54) is 78.5 Å². The zero-order chi connectivity index (χ0) is 39.8. The van der Waals surface area contributed by atoms with E-state index in [2.05, 4.69) is 103 Å². The van der Waals surface area contributed by atoms with Gasteiger partial charge in [0, 0.05) is 6.54 Å². The number of amides is 1. The van der Waals surface area contributed by atoms with Crippen molar-refractivity contribution in [1.29, 1.82) is 0 Å². The van der Waals surface area contributed by atoms with E-state index in [4.69, 9.17) is 29.8 Å². The fourth-order valence-electron chi connectivity index (χ4n) is 3.89. The van der Waals surface area contributed by atoms with Crippen molar-refractivity contribution in [1.82, 2.24) is 24.9 Å². The van der Waals surface area contributed by atoms with Gasteiger partial charge < -0.3 is 64.9 Å². The lowest BCUT2D eigenvalue weighted by molar-refractivity contribution is -0.142. The van der Waals surface area contributed by atoms with E-state index in [0.29, 0.717) is 0 Å². The molecule has 16 nitrogen and oxygen atoms in total. The molecule has 0 rings (SSSR count). The molecule has 0 spiro atoms. The van der Waals surface area contributed by atoms with Crippen molar-refractivity contribution in [3.63, 3.8) is 0 Å². The van der Waals surface area contributed by atoms with Crippen LogP contribution in [-0.4, -0.2) is 181 Å². The number of carbonyl (C=O) groups excluding carboxylic acids is 1. The van der Waals surface area contributed by atoms with Gasteiger partial charge in [-0.1, -0.05) is 83.1 Å². The number of hydrogen-bond donors (Lipinski definition) is 9. The first-order valence-electron chi connectivity index (χ1n) is 17.6. The lowest BCUT2D eigenvalue weighted by atomic mass is 10.1. The maximum atomic E-state index is 11.3. The van der Waals surface area contributed by atoms with Gasteiger partial charge in [0.2, 0.25) is 0 Å². The van der Waals surface area contributed by atoms with Gasteiger partial charge in [-0.05, 0) is 78.5 Å². The van der Waals surface area contributed by atoms with Gasteiger partial charge in [-0.2, -0.15) is 0 Å². The lowest BCUT2D eigenvalue weighted by Gasteiger charge is -2.23. The van der Waals surface area contributed by atoms with Crippen LogP contribution in [0.1, 0.15) is 83.1 Å². The number of aliphatic hydroxyl groups excluding tert-OH is 4. The number of carbonyl (C=O) groups is 1. The first kappa shape index (κ1) is 57.8. The second-order valence-corrected chi connectivity index (χ2v) is 14.6. The van der Waals surface area contributed by atoms with E-state index < -0.39 is 58.0 Å². The van der Waals surface area contributed by atoms with Gasteiger partial charge in [-0.25, -0.2) is 0 Å². The molecule has 3 atom stereocenters. The largest absolute Gasteiger partial charge is 0.394 e. The molecule has 3 unspecified atom stereocenters. The molecule has 0 aliphatic rings. The summed E-state index contributed by atoms with van der Waals surface area (Å²) in [7, 11) is -10.5. The van der Waals surface area contributed by atoms with Crippen LogP contribution in [-0.2, 0) is 13.9 Å². The van der Waals surface area contributed by atoms with Gasteiger partial charge in [0.05, 0.1) is 6.61 Å². The number of aliphatic hydroxyl groups is 4. The summed E-state index contributed by atoms with van der Waals surface area (Å²) in [5.74, 6) is -1.44. The molecule has 0 saturated carbocycles. The minimum absolute atomic E-state index is 0.973. The number of nitrogens with zero attached hydrogens (tertiary/aromatic N) is 4. The van der Waals surface area contributed by atoms with Crippen LogP contribution in [0.5, 0.6) is 0 Å². The summed E-state index contributed by atoms with van der Waals surface area (Å²) in [6.45, 7) is 38.4. The molecular formula is C31H77N5O11P2. The standard InChI is InChI=1S/C7H17NO11P2.4C6H15N/c9-2-3(10)5(11)6(12)7(13)8-1-4(20(14,15)16)21(17,18)19;4*1-4-7(5-2)6-3/h3-6,9-12H,1-2H2,(H,8,13)(H2,14,15,16)(H2,17,18,19);4*4-6H2,1-3H3. The second-order valence-electron chi connectivity index (χ2n) is 10.6. The molecule has 0 aromatic carbocycles. The Bertz CT molecular complexity index is 717. The third kappa shape index (κ3) is 33.1. The Morgan fingerprint density at radius 1 is 0.531 bits per heavy atom. The van der Waals surface area contributed by atoms with Crippen molar-refractivity contribution in [2.45, 2.75) is 107 Å². The van der Waals surface area contributed by atoms with Gasteiger partial charge in [-0.3, -0.25) is 13.9 Å². The van der Waals surface area contributed by atoms with Crippen LogP contribution in [0, 0.1) is 0 Å². The van der Waals surface area contributed by atoms with E-state index in [1.807, 2.05) is 0 Å². The monoisotopic (exact) mass is 758 g/mol. The average molecular weight is 758 g/mol. The van der Waals surface area contributed by atoms with Gasteiger partial charge in [0.15, 0.2) is 11.5 Å². The maximum Gasteiger partial charge on any atom is 0.342 e. The summed E-state index contributed by atoms with van der Waals surface area (Å²) in [4.78, 5) is 56.0. The quantitative estimate of drug-likeness (QED) is 0.0795. The molecule has 0 aliphatic heterocycles. The summed E-state index contributed by atoms with van der Waals surface area (Å²) < 4.78 is 21.8. The molecule has 1 amide bonds. The van der Waals surface area contributed by atoms with Crippen molar-refractivity contribution >= 4 is 21.1 Å². The fraction of sp³-hybridized carbons (Fsp3) is 0.968. The van der Waals surface area contributed by atoms with Crippen molar-refractivity contribution in [3.8, 4) is 0 Å². The maximum absolute atomic E-state index is 11.3. The third-order valence-corrected chi connectivity index (χ3v) is 11.5. The highest BCUT2D eigenvalue weighted by Crippen LogP contribution is 2.59. The molecule has 0 aromatic heterocycles. The van der Waals surface area contributed by atoms with Crippen LogP contribution in [0.4, 0.5) is 0 Å². The zero-order valence-corrected chi connectivity index (χ0v) is 34.5. The van der Waals surface area contributed by atoms with E-state index in [-0.39, 0.29) is 0 Å². The Morgan fingerprint density at radius 2 is 0.755 bits per heavy atom. The minimum Gasteiger partial charge on any atom is -0.394 e. The fourth-order valence-corrected chi connectivity index (χ4v) is 6.11. The summed E-state index contributed by atoms with van der Waals surface area (Å²) in [6, 6.07) is 0. The molecule has 302 valence electrons. The highest BCUT2D eigenvalue weighted by atomic mass is 31.2. The molecule has 0 saturated heterocycles. The normalized spacial score (nSPS) is 13.3. The molecule has 9 N–H and O–H groups in total. The summed E-state index contributed by atoms with van der Waals surface area (Å²) in [6.07, 6.45) is -6.23. The summed E-state index contributed by atoms with van der Waals surface area (Å²) in [5.41, 5.74) is 0. The molecule has 0 heterocycles. The molecule has 18 heteroatoms. The molecule has 49 heavy (non-hydrogen) atoms. The van der Waals surface area contributed by atoms with Gasteiger partial charge >= 0.3 is 15.2 Å². The molecule has 0 aliphatic carbocycles. The Hall–Kier alpha value is -0.550. The topological polar surface area (TPSA) is 238 Å². The molecular weight excluding hydrogens is 680 g/mol. The first-order valence-corrected chi connectivity index (χ1v) is 21.0. The van der Waals surface area contributed by atoms with E-state index in [9.17, 15) is 24.1 Å². The van der Waals surface area contributed by atoms with Crippen LogP contribution in [0.3, 0.4) is 0 Å². The number of nitrogens with one attached hydrogen (secondary N) is 1. The van der Waals surface area contributed by atoms with Crippen molar-refractivity contribution in [2.75, 3.05) is 91.7 Å². The highest BCUT2D eigenvalue weighted by Gasteiger charge is 2.44. The summed E-state index contributed by atoms with van der Waals surface area (Å²) in [5, 5.41) is 35.1. The van der Waals surface area contributed by atoms with Crippen molar-refractivity contribution in [3.05, 3.63) is 0 Å². The predicted molar refractivity (Wildman–Crippen MR) is 200 cm³/mol. The van der Waals surface area contributed by atoms with Crippen LogP contribution in [0.2, 0.25) is 0 Å². The van der Waals surface area contributed by atoms with E-state index in [1.54, 1.807) is 5.32 Å². The van der Waals surface area contributed by atoms with Crippen LogP contribution >= 0.6 is 15.2 Å². The predicted octanol–water partition coefficient (Wildman–Crippen LogP) is 1.25. The van der Waals surface area contributed by atoms with E-state index in [0.717, 1.165) is 0 Å². The molecule has 0 fully saturated rings. The van der Waals surface area contributed by atoms with Crippen LogP contribution < -0.4 is 5.32 Å². The Kier molecular flexibility index (Phi) is 42.3. The highest BCUT2D eigenvalue weighted by molar-refractivity contribution is 7.70. The smallest absolute Gasteiger partial charge is 0.342 e. The SMILES string of the molecule is CCN(CC)CC.CCN(CC)CC.CCN(CC)CC.CCN(CC)CC.O=C(NCC(P(=O)(O)O)P(=O)(O)O)C(O)C(O)C(O)CO. The van der Waals surface area contributed by atoms with Gasteiger partial charge in [0.25, 0.3) is 5.91 Å². The van der Waals surface area contributed by atoms with Crippen LogP contribution in [0.15, 0.2) is 0 Å². The van der Waals surface area contributed by atoms with Gasteiger partial charge in [-0.15, -0.1) is 0 Å². The molecule has 0 radical (unpaired) electrons. The minimum atomic E-state index is -5.24. The Labute approximate surface area is 298 Å². The number of hydrogen-bond acceptors (Lipinski definition) is 11. The van der Waals surface area contributed by atoms with Crippen LogP contribution in [0.25, 0.3) is 0 Å². The Balaban J connectivity index is -0.000000189. The third-order valence-electron chi connectivity index (χ3n) is 7.78. The van der Waals surface area contributed by atoms with Crippen molar-refractivity contribution in [2.24, 2.45) is 0 Å².